The summed E-state index contributed by atoms with van der Waals surface area (Å²) in [5.74, 6) is 0.549. The van der Waals surface area contributed by atoms with Crippen LogP contribution in [0, 0.1) is 11.8 Å². The Bertz CT molecular complexity index is 2860. The van der Waals surface area contributed by atoms with Gasteiger partial charge in [-0.05, 0) is 102 Å². The summed E-state index contributed by atoms with van der Waals surface area (Å²) < 4.78 is 0. The molecule has 59 heavy (non-hydrogen) atoms. The van der Waals surface area contributed by atoms with Crippen molar-refractivity contribution < 1.29 is 0 Å². The van der Waals surface area contributed by atoms with Crippen LogP contribution in [-0.4, -0.2) is 12.1 Å². The zero-order valence-corrected chi connectivity index (χ0v) is 33.5. The number of nitrogens with zero attached hydrogens (tertiary/aromatic N) is 1. The minimum atomic E-state index is -0.478. The molecule has 7 aromatic rings. The van der Waals surface area contributed by atoms with Gasteiger partial charge in [-0.1, -0.05) is 214 Å². The molecule has 1 nitrogen and oxygen atoms in total. The molecule has 4 unspecified atom stereocenters. The molecule has 0 saturated carbocycles. The molecule has 0 fully saturated rings. The summed E-state index contributed by atoms with van der Waals surface area (Å²) in [5, 5.41) is 0. The summed E-state index contributed by atoms with van der Waals surface area (Å²) in [6, 6.07) is 66.9. The predicted octanol–water partition coefficient (Wildman–Crippen LogP) is 13.3. The molecule has 0 radical (unpaired) electrons. The average Bonchev–Trinajstić information content (AvgIpc) is 3.88. The number of benzene rings is 7. The van der Waals surface area contributed by atoms with Gasteiger partial charge in [0.1, 0.15) is 0 Å². The zero-order valence-electron chi connectivity index (χ0n) is 33.5. The van der Waals surface area contributed by atoms with Crippen LogP contribution in [0.15, 0.2) is 218 Å². The molecule has 1 heteroatoms. The second kappa shape index (κ2) is 12.9. The molecule has 0 aromatic heterocycles. The Morgan fingerprint density at radius 3 is 1.46 bits per heavy atom. The van der Waals surface area contributed by atoms with Crippen LogP contribution in [0.3, 0.4) is 0 Å². The topological polar surface area (TPSA) is 3.24 Å². The second-order valence-corrected chi connectivity index (χ2v) is 17.2. The van der Waals surface area contributed by atoms with Gasteiger partial charge in [-0.3, -0.25) is 0 Å². The van der Waals surface area contributed by atoms with Gasteiger partial charge in [0.05, 0.1) is 22.9 Å². The summed E-state index contributed by atoms with van der Waals surface area (Å²) in [5.41, 5.74) is 19.4. The molecule has 12 rings (SSSR count). The lowest BCUT2D eigenvalue weighted by molar-refractivity contribution is 0.483. The maximum atomic E-state index is 2.82. The Balaban J connectivity index is 1.14. The van der Waals surface area contributed by atoms with E-state index < -0.39 is 5.41 Å². The van der Waals surface area contributed by atoms with Crippen molar-refractivity contribution in [1.29, 1.82) is 0 Å². The zero-order chi connectivity index (χ0) is 39.3. The molecular weight excluding hydrogens is 711 g/mol. The van der Waals surface area contributed by atoms with E-state index in [-0.39, 0.29) is 23.4 Å². The number of hydrogen-bond acceptors (Lipinski definition) is 1. The molecule has 5 aliphatic rings. The van der Waals surface area contributed by atoms with Gasteiger partial charge >= 0.3 is 0 Å². The van der Waals surface area contributed by atoms with Gasteiger partial charge in [0.15, 0.2) is 0 Å². The minimum absolute atomic E-state index is 0.0729. The first kappa shape index (κ1) is 34.4. The van der Waals surface area contributed by atoms with Gasteiger partial charge < -0.3 is 4.90 Å². The normalized spacial score (nSPS) is 21.7. The molecule has 7 aromatic carbocycles. The largest absolute Gasteiger partial charge is 0.357 e. The molecular formula is C58H45N. The molecule has 5 aliphatic carbocycles. The molecule has 1 spiro atoms. The molecule has 0 aliphatic heterocycles. The van der Waals surface area contributed by atoms with Crippen LogP contribution < -0.4 is 4.90 Å². The highest BCUT2D eigenvalue weighted by atomic mass is 15.2. The van der Waals surface area contributed by atoms with E-state index in [1.807, 2.05) is 0 Å². The molecule has 0 heterocycles. The van der Waals surface area contributed by atoms with E-state index >= 15 is 0 Å². The van der Waals surface area contributed by atoms with Crippen molar-refractivity contribution in [2.45, 2.75) is 36.8 Å². The highest BCUT2D eigenvalue weighted by Crippen LogP contribution is 2.64. The van der Waals surface area contributed by atoms with Crippen molar-refractivity contribution in [3.63, 3.8) is 0 Å². The van der Waals surface area contributed by atoms with E-state index in [0.717, 1.165) is 0 Å². The number of rotatable bonds is 5. The second-order valence-electron chi connectivity index (χ2n) is 17.2. The Labute approximate surface area is 348 Å². The molecule has 4 atom stereocenters. The fourth-order valence-electron chi connectivity index (χ4n) is 12.1. The van der Waals surface area contributed by atoms with Crippen LogP contribution in [0.4, 0.5) is 5.69 Å². The highest BCUT2D eigenvalue weighted by molar-refractivity contribution is 5.98. The third kappa shape index (κ3) is 4.51. The summed E-state index contributed by atoms with van der Waals surface area (Å²) in [4.78, 5) is 2.82. The Hall–Kier alpha value is -6.70. The lowest BCUT2D eigenvalue weighted by atomic mass is 9.67. The summed E-state index contributed by atoms with van der Waals surface area (Å²) in [6.45, 7) is 4.84. The van der Waals surface area contributed by atoms with Crippen LogP contribution in [0.1, 0.15) is 58.4 Å². The number of fused-ring (bicyclic) bond motifs is 12. The van der Waals surface area contributed by atoms with Gasteiger partial charge in [-0.25, -0.2) is 0 Å². The Kier molecular flexibility index (Phi) is 7.51. The lowest BCUT2D eigenvalue weighted by Gasteiger charge is -2.46. The monoisotopic (exact) mass is 755 g/mol. The van der Waals surface area contributed by atoms with Crippen molar-refractivity contribution in [2.24, 2.45) is 11.8 Å². The van der Waals surface area contributed by atoms with E-state index in [1.165, 1.54) is 83.6 Å². The standard InChI is InChI=1S/C58H45N/c1-38-19-9-18-32-54(38)59(42-34-35-46-45-26-10-14-28-48(45)57(53(46)37-42,40-20-5-3-6-21-40)41-22-7-4-8-23-41)56-39(2)33-36-52-55(56)47-27-13-17-31-51(47)58(52)49-29-15-11-24-43(49)44-25-12-16-30-50(44)58/h3-39,54,56H,1-2H3. The molecule has 0 N–H and O–H groups in total. The maximum Gasteiger partial charge on any atom is 0.0722 e. The smallest absolute Gasteiger partial charge is 0.0722 e. The van der Waals surface area contributed by atoms with Crippen LogP contribution in [-0.2, 0) is 10.8 Å². The van der Waals surface area contributed by atoms with Gasteiger partial charge in [0.2, 0.25) is 0 Å². The lowest BCUT2D eigenvalue weighted by Crippen LogP contribution is -2.50. The molecule has 282 valence electrons. The third-order valence-electron chi connectivity index (χ3n) is 14.4. The quantitative estimate of drug-likeness (QED) is 0.169. The molecule has 0 bridgehead atoms. The first-order valence-corrected chi connectivity index (χ1v) is 21.3. The van der Waals surface area contributed by atoms with Crippen molar-refractivity contribution in [3.8, 4) is 22.3 Å². The van der Waals surface area contributed by atoms with E-state index in [4.69, 9.17) is 0 Å². The van der Waals surface area contributed by atoms with Crippen molar-refractivity contribution in [1.82, 2.24) is 0 Å². The first-order valence-electron chi connectivity index (χ1n) is 21.3. The fraction of sp³-hybridized carbons (Fsp3) is 0.138. The Morgan fingerprint density at radius 1 is 0.407 bits per heavy atom. The molecule has 0 amide bonds. The van der Waals surface area contributed by atoms with Crippen LogP contribution in [0.25, 0.3) is 27.8 Å². The van der Waals surface area contributed by atoms with Gasteiger partial charge in [0, 0.05) is 5.69 Å². The minimum Gasteiger partial charge on any atom is -0.357 e. The van der Waals surface area contributed by atoms with Gasteiger partial charge in [-0.15, -0.1) is 0 Å². The highest BCUT2D eigenvalue weighted by Gasteiger charge is 2.55. The third-order valence-corrected chi connectivity index (χ3v) is 14.4. The Morgan fingerprint density at radius 2 is 0.881 bits per heavy atom. The summed E-state index contributed by atoms with van der Waals surface area (Å²) in [7, 11) is 0. The predicted molar refractivity (Wildman–Crippen MR) is 245 cm³/mol. The first-order chi connectivity index (χ1) is 29.1. The SMILES string of the molecule is CC1C=CC=CC1N(c1ccc2c(c1)C(c1ccccc1)(c1ccccc1)c1ccccc1-2)C1C2=C(C=CC1C)C1(c3ccccc32)c2ccccc2-c2ccccc21. The van der Waals surface area contributed by atoms with E-state index in [1.54, 1.807) is 0 Å². The van der Waals surface area contributed by atoms with Gasteiger partial charge in [0.25, 0.3) is 0 Å². The number of hydrogen-bond donors (Lipinski definition) is 0. The average molecular weight is 756 g/mol. The van der Waals surface area contributed by atoms with E-state index in [0.29, 0.717) is 5.92 Å². The van der Waals surface area contributed by atoms with Crippen LogP contribution in [0.2, 0.25) is 0 Å². The van der Waals surface area contributed by atoms with Crippen LogP contribution >= 0.6 is 0 Å². The summed E-state index contributed by atoms with van der Waals surface area (Å²) in [6.07, 6.45) is 14.4. The van der Waals surface area contributed by atoms with Crippen LogP contribution in [0.5, 0.6) is 0 Å². The van der Waals surface area contributed by atoms with E-state index in [9.17, 15) is 0 Å². The van der Waals surface area contributed by atoms with Crippen molar-refractivity contribution in [2.75, 3.05) is 4.90 Å². The molecule has 0 saturated heterocycles. The number of allylic oxidation sites excluding steroid dienone is 4. The van der Waals surface area contributed by atoms with Crippen molar-refractivity contribution >= 4 is 11.3 Å². The van der Waals surface area contributed by atoms with Crippen molar-refractivity contribution in [3.05, 3.63) is 262 Å². The number of anilines is 1. The van der Waals surface area contributed by atoms with Gasteiger partial charge in [-0.2, -0.15) is 0 Å². The maximum absolute atomic E-state index is 2.82. The summed E-state index contributed by atoms with van der Waals surface area (Å²) >= 11 is 0. The fourth-order valence-corrected chi connectivity index (χ4v) is 12.1. The van der Waals surface area contributed by atoms with E-state index in [2.05, 4.69) is 231 Å².